The topological polar surface area (TPSA) is 81.5 Å². The van der Waals surface area contributed by atoms with Gasteiger partial charge < -0.3 is 4.74 Å². The number of amides is 1. The molecule has 0 saturated heterocycles. The Morgan fingerprint density at radius 2 is 1.68 bits per heavy atom. The van der Waals surface area contributed by atoms with E-state index in [-0.39, 0.29) is 16.4 Å². The highest BCUT2D eigenvalue weighted by Gasteiger charge is 2.18. The number of carbonyl (C=O) groups is 1. The Morgan fingerprint density at radius 1 is 1.00 bits per heavy atom. The number of nitrogens with one attached hydrogen (secondary N) is 1. The fourth-order valence-electron chi connectivity index (χ4n) is 2.60. The number of rotatable bonds is 5. The van der Waals surface area contributed by atoms with E-state index >= 15 is 0 Å². The predicted octanol–water partition coefficient (Wildman–Crippen LogP) is 6.10. The largest absolute Gasteiger partial charge is 0.417 e. The third-order valence-electron chi connectivity index (χ3n) is 3.86. The van der Waals surface area contributed by atoms with Crippen molar-refractivity contribution in [3.05, 3.63) is 98.0 Å². The quantitative estimate of drug-likeness (QED) is 0.402. The Hall–Kier alpha value is -3.09. The highest BCUT2D eigenvalue weighted by atomic mass is 35.5. The van der Waals surface area contributed by atoms with Crippen LogP contribution < -0.4 is 10.1 Å². The third-order valence-corrected chi connectivity index (χ3v) is 4.33. The Morgan fingerprint density at radius 3 is 2.39 bits per heavy atom. The summed E-state index contributed by atoms with van der Waals surface area (Å²) in [5, 5.41) is 14.2. The summed E-state index contributed by atoms with van der Waals surface area (Å²) in [6.07, 6.45) is -0.354. The summed E-state index contributed by atoms with van der Waals surface area (Å²) < 4.78 is 5.38. The molecule has 0 bridgehead atoms. The van der Waals surface area contributed by atoms with Crippen LogP contribution in [0.5, 0.6) is 5.75 Å². The zero-order chi connectivity index (χ0) is 20.1. The lowest BCUT2D eigenvalue weighted by Gasteiger charge is -2.12. The first-order valence-electron chi connectivity index (χ1n) is 8.17. The van der Waals surface area contributed by atoms with Crippen LogP contribution >= 0.6 is 23.2 Å². The van der Waals surface area contributed by atoms with E-state index in [0.717, 1.165) is 11.6 Å². The van der Waals surface area contributed by atoms with Crippen molar-refractivity contribution in [1.82, 2.24) is 0 Å². The second-order valence-electron chi connectivity index (χ2n) is 5.85. The molecule has 0 aliphatic heterocycles. The van der Waals surface area contributed by atoms with Crippen LogP contribution in [0.25, 0.3) is 0 Å². The lowest BCUT2D eigenvalue weighted by Crippen LogP contribution is -2.18. The van der Waals surface area contributed by atoms with Crippen LogP contribution in [0.4, 0.5) is 16.2 Å². The van der Waals surface area contributed by atoms with E-state index in [9.17, 15) is 14.9 Å². The van der Waals surface area contributed by atoms with E-state index in [0.29, 0.717) is 22.8 Å². The predicted molar refractivity (Wildman–Crippen MR) is 108 cm³/mol. The van der Waals surface area contributed by atoms with Gasteiger partial charge >= 0.3 is 6.09 Å². The van der Waals surface area contributed by atoms with Gasteiger partial charge in [-0.15, -0.1) is 0 Å². The van der Waals surface area contributed by atoms with E-state index < -0.39 is 11.0 Å². The number of nitro groups is 1. The Kier molecular flexibility index (Phi) is 6.13. The van der Waals surface area contributed by atoms with Crippen molar-refractivity contribution < 1.29 is 14.5 Å². The standard InChI is InChI=1S/C20H14Cl2N2O4/c21-15-7-9-19(14(11-15)10-13-4-2-1-3-5-13)28-20(25)23-17-8-6-16(22)12-18(17)24(26)27/h1-9,11-12H,10H2,(H,23,25). The molecule has 3 rings (SSSR count). The zero-order valence-corrected chi connectivity index (χ0v) is 15.9. The molecular formula is C20H14Cl2N2O4. The zero-order valence-electron chi connectivity index (χ0n) is 14.4. The van der Waals surface area contributed by atoms with Crippen LogP contribution in [0.15, 0.2) is 66.7 Å². The first kappa shape index (κ1) is 19.7. The first-order chi connectivity index (χ1) is 13.4. The number of nitro benzene ring substituents is 1. The maximum absolute atomic E-state index is 12.3. The maximum Gasteiger partial charge on any atom is 0.417 e. The number of hydrogen-bond acceptors (Lipinski definition) is 4. The van der Waals surface area contributed by atoms with Crippen LogP contribution in [0, 0.1) is 10.1 Å². The Bertz CT molecular complexity index is 1030. The number of nitrogens with zero attached hydrogens (tertiary/aromatic N) is 1. The third kappa shape index (κ3) is 5.00. The first-order valence-corrected chi connectivity index (χ1v) is 8.93. The number of ether oxygens (including phenoxy) is 1. The summed E-state index contributed by atoms with van der Waals surface area (Å²) in [5.41, 5.74) is 1.38. The van der Waals surface area contributed by atoms with Crippen LogP contribution in [0.2, 0.25) is 10.0 Å². The molecule has 142 valence electrons. The summed E-state index contributed by atoms with van der Waals surface area (Å²) >= 11 is 11.9. The fourth-order valence-corrected chi connectivity index (χ4v) is 2.96. The van der Waals surface area contributed by atoms with Gasteiger partial charge in [0.1, 0.15) is 11.4 Å². The Labute approximate surface area is 170 Å². The van der Waals surface area contributed by atoms with E-state index in [1.807, 2.05) is 30.3 Å². The number of carbonyl (C=O) groups excluding carboxylic acids is 1. The van der Waals surface area contributed by atoms with Crippen LogP contribution in [-0.2, 0) is 6.42 Å². The van der Waals surface area contributed by atoms with Crippen LogP contribution in [-0.4, -0.2) is 11.0 Å². The van der Waals surface area contributed by atoms with Crippen molar-refractivity contribution in [3.8, 4) is 5.75 Å². The van der Waals surface area contributed by atoms with Crippen molar-refractivity contribution in [2.24, 2.45) is 0 Å². The van der Waals surface area contributed by atoms with Gasteiger partial charge in [0.2, 0.25) is 0 Å². The van der Waals surface area contributed by atoms with Gasteiger partial charge in [-0.2, -0.15) is 0 Å². The number of hydrogen-bond donors (Lipinski definition) is 1. The maximum atomic E-state index is 12.3. The highest BCUT2D eigenvalue weighted by molar-refractivity contribution is 6.31. The summed E-state index contributed by atoms with van der Waals surface area (Å²) in [7, 11) is 0. The van der Waals surface area contributed by atoms with Crippen molar-refractivity contribution >= 4 is 40.7 Å². The lowest BCUT2D eigenvalue weighted by atomic mass is 10.0. The molecule has 6 nitrogen and oxygen atoms in total. The number of benzene rings is 3. The molecule has 0 aliphatic carbocycles. The molecular weight excluding hydrogens is 403 g/mol. The summed E-state index contributed by atoms with van der Waals surface area (Å²) in [5.74, 6) is 0.308. The van der Waals surface area contributed by atoms with Crippen molar-refractivity contribution in [1.29, 1.82) is 0 Å². The van der Waals surface area contributed by atoms with Gasteiger partial charge in [0.05, 0.1) is 4.92 Å². The minimum absolute atomic E-state index is 0.0158. The van der Waals surface area contributed by atoms with Crippen molar-refractivity contribution in [2.45, 2.75) is 6.42 Å². The highest BCUT2D eigenvalue weighted by Crippen LogP contribution is 2.29. The number of anilines is 1. The molecule has 0 saturated carbocycles. The van der Waals surface area contributed by atoms with Crippen molar-refractivity contribution in [2.75, 3.05) is 5.32 Å². The molecule has 0 fully saturated rings. The van der Waals surface area contributed by atoms with Gasteiger partial charge in [-0.25, -0.2) is 4.79 Å². The van der Waals surface area contributed by atoms with E-state index in [2.05, 4.69) is 5.32 Å². The van der Waals surface area contributed by atoms with Gasteiger partial charge in [0, 0.05) is 28.1 Å². The molecule has 0 unspecified atom stereocenters. The fraction of sp³-hybridized carbons (Fsp3) is 0.0500. The molecule has 8 heteroatoms. The molecule has 1 N–H and O–H groups in total. The minimum Gasteiger partial charge on any atom is -0.410 e. The summed E-state index contributed by atoms with van der Waals surface area (Å²) in [4.78, 5) is 22.8. The smallest absolute Gasteiger partial charge is 0.410 e. The average molecular weight is 417 g/mol. The SMILES string of the molecule is O=C(Nc1ccc(Cl)cc1[N+](=O)[O-])Oc1ccc(Cl)cc1Cc1ccccc1. The van der Waals surface area contributed by atoms with Crippen LogP contribution in [0.3, 0.4) is 0 Å². The summed E-state index contributed by atoms with van der Waals surface area (Å²) in [6.45, 7) is 0. The molecule has 0 spiro atoms. The van der Waals surface area contributed by atoms with Gasteiger partial charge in [0.15, 0.2) is 0 Å². The van der Waals surface area contributed by atoms with Gasteiger partial charge in [-0.1, -0.05) is 53.5 Å². The average Bonchev–Trinajstić information content (AvgIpc) is 2.66. The molecule has 0 aromatic heterocycles. The molecule has 0 radical (unpaired) electrons. The molecule has 0 aliphatic rings. The Balaban J connectivity index is 1.80. The van der Waals surface area contributed by atoms with Gasteiger partial charge in [-0.05, 0) is 35.9 Å². The van der Waals surface area contributed by atoms with Gasteiger partial charge in [-0.3, -0.25) is 15.4 Å². The van der Waals surface area contributed by atoms with E-state index in [1.54, 1.807) is 18.2 Å². The lowest BCUT2D eigenvalue weighted by molar-refractivity contribution is -0.383. The second-order valence-corrected chi connectivity index (χ2v) is 6.72. The summed E-state index contributed by atoms with van der Waals surface area (Å²) in [6, 6.07) is 18.4. The second kappa shape index (κ2) is 8.73. The van der Waals surface area contributed by atoms with E-state index in [1.165, 1.54) is 12.1 Å². The number of halogens is 2. The molecule has 28 heavy (non-hydrogen) atoms. The van der Waals surface area contributed by atoms with E-state index in [4.69, 9.17) is 27.9 Å². The van der Waals surface area contributed by atoms with Crippen LogP contribution in [0.1, 0.15) is 11.1 Å². The molecule has 1 amide bonds. The normalized spacial score (nSPS) is 10.4. The van der Waals surface area contributed by atoms with Crippen molar-refractivity contribution in [3.63, 3.8) is 0 Å². The monoisotopic (exact) mass is 416 g/mol. The molecule has 0 atom stereocenters. The van der Waals surface area contributed by atoms with Gasteiger partial charge in [0.25, 0.3) is 5.69 Å². The molecule has 0 heterocycles. The minimum atomic E-state index is -0.859. The molecule has 3 aromatic carbocycles. The molecule has 3 aromatic rings.